The van der Waals surface area contributed by atoms with E-state index >= 15 is 0 Å². The van der Waals surface area contributed by atoms with Gasteiger partial charge in [-0.2, -0.15) is 0 Å². The lowest BCUT2D eigenvalue weighted by atomic mass is 9.80. The van der Waals surface area contributed by atoms with Gasteiger partial charge in [-0.1, -0.05) is 12.7 Å². The predicted octanol–water partition coefficient (Wildman–Crippen LogP) is 4.62. The first kappa shape index (κ1) is 12.8. The molecular weight excluding hydrogens is 232 g/mol. The van der Waals surface area contributed by atoms with Crippen LogP contribution in [-0.2, 0) is 19.3 Å². The number of hydrogen-bond donors (Lipinski definition) is 0. The van der Waals surface area contributed by atoms with Crippen LogP contribution in [0.2, 0.25) is 0 Å². The van der Waals surface area contributed by atoms with Crippen molar-refractivity contribution in [3.05, 3.63) is 34.4 Å². The lowest BCUT2D eigenvalue weighted by Crippen LogP contribution is -2.34. The minimum atomic E-state index is -0.0219. The number of rotatable bonds is 1. The summed E-state index contributed by atoms with van der Waals surface area (Å²) in [4.78, 5) is 0. The average Bonchev–Trinajstić information content (AvgIpc) is 2.40. The van der Waals surface area contributed by atoms with Crippen LogP contribution in [-0.4, -0.2) is 5.60 Å². The summed E-state index contributed by atoms with van der Waals surface area (Å²) in [6.45, 7) is 10.7. The smallest absolute Gasteiger partial charge is 0.127 e. The zero-order chi connectivity index (χ0) is 13.6. The molecule has 3 rings (SSSR count). The maximum atomic E-state index is 6.37. The summed E-state index contributed by atoms with van der Waals surface area (Å²) >= 11 is 0. The summed E-state index contributed by atoms with van der Waals surface area (Å²) in [5, 5.41) is 0. The Kier molecular flexibility index (Phi) is 2.96. The van der Waals surface area contributed by atoms with Crippen LogP contribution in [0.15, 0.2) is 6.58 Å². The molecule has 2 aliphatic rings. The summed E-state index contributed by atoms with van der Waals surface area (Å²) in [6, 6.07) is 0. The Morgan fingerprint density at radius 1 is 1.05 bits per heavy atom. The molecule has 1 aliphatic carbocycles. The first-order valence-electron chi connectivity index (χ1n) is 7.52. The van der Waals surface area contributed by atoms with E-state index in [-0.39, 0.29) is 5.60 Å². The normalized spacial score (nSPS) is 20.2. The largest absolute Gasteiger partial charge is 0.487 e. The molecule has 19 heavy (non-hydrogen) atoms. The third-order valence-corrected chi connectivity index (χ3v) is 4.76. The van der Waals surface area contributed by atoms with Crippen LogP contribution in [0.5, 0.6) is 5.75 Å². The van der Waals surface area contributed by atoms with E-state index in [0.717, 1.165) is 12.8 Å². The lowest BCUT2D eigenvalue weighted by Gasteiger charge is -2.37. The minimum Gasteiger partial charge on any atom is -0.487 e. The van der Waals surface area contributed by atoms with Gasteiger partial charge in [-0.05, 0) is 81.5 Å². The fourth-order valence-electron chi connectivity index (χ4n) is 3.66. The van der Waals surface area contributed by atoms with E-state index in [1.54, 1.807) is 0 Å². The lowest BCUT2D eigenvalue weighted by molar-refractivity contribution is 0.0828. The van der Waals surface area contributed by atoms with E-state index in [4.69, 9.17) is 4.74 Å². The van der Waals surface area contributed by atoms with Gasteiger partial charge in [-0.15, -0.1) is 0 Å². The predicted molar refractivity (Wildman–Crippen MR) is 80.9 cm³/mol. The highest BCUT2D eigenvalue weighted by atomic mass is 16.5. The molecule has 1 aliphatic heterocycles. The molecule has 0 saturated heterocycles. The van der Waals surface area contributed by atoms with E-state index in [2.05, 4.69) is 27.4 Å². The van der Waals surface area contributed by atoms with Gasteiger partial charge < -0.3 is 4.74 Å². The Morgan fingerprint density at radius 2 is 1.74 bits per heavy atom. The van der Waals surface area contributed by atoms with E-state index in [0.29, 0.717) is 0 Å². The number of hydrogen-bond acceptors (Lipinski definition) is 1. The SMILES string of the molecule is C=Cc1c(C)c2c(c3c1CCC(C)(C)O3)CCCC2. The van der Waals surface area contributed by atoms with Crippen LogP contribution in [0, 0.1) is 6.92 Å². The van der Waals surface area contributed by atoms with Gasteiger partial charge in [-0.3, -0.25) is 0 Å². The van der Waals surface area contributed by atoms with Crippen LogP contribution in [0.3, 0.4) is 0 Å². The average molecular weight is 256 g/mol. The molecule has 0 N–H and O–H groups in total. The standard InChI is InChI=1S/C18H24O/c1-5-13-12(2)14-8-6-7-9-15(14)17-16(13)10-11-18(3,4)19-17/h5H,1,6-11H2,2-4H3. The minimum absolute atomic E-state index is 0.0219. The molecule has 0 amide bonds. The van der Waals surface area contributed by atoms with Crippen LogP contribution in [0.1, 0.15) is 60.9 Å². The van der Waals surface area contributed by atoms with Gasteiger partial charge in [0, 0.05) is 5.56 Å². The topological polar surface area (TPSA) is 9.23 Å². The maximum Gasteiger partial charge on any atom is 0.127 e. The molecule has 1 aromatic carbocycles. The van der Waals surface area contributed by atoms with Crippen LogP contribution in [0.25, 0.3) is 6.08 Å². The highest BCUT2D eigenvalue weighted by Gasteiger charge is 2.32. The molecule has 0 atom stereocenters. The monoisotopic (exact) mass is 256 g/mol. The fourth-order valence-corrected chi connectivity index (χ4v) is 3.66. The second kappa shape index (κ2) is 4.40. The van der Waals surface area contributed by atoms with Crippen LogP contribution in [0.4, 0.5) is 0 Å². The Hall–Kier alpha value is -1.24. The molecule has 0 fully saturated rings. The van der Waals surface area contributed by atoms with Crippen molar-refractivity contribution in [2.75, 3.05) is 0 Å². The molecule has 102 valence electrons. The Labute approximate surface area is 116 Å². The molecule has 0 unspecified atom stereocenters. The highest BCUT2D eigenvalue weighted by molar-refractivity contribution is 5.67. The van der Waals surface area contributed by atoms with Gasteiger partial charge in [0.2, 0.25) is 0 Å². The van der Waals surface area contributed by atoms with E-state index in [1.807, 2.05) is 6.08 Å². The number of benzene rings is 1. The third-order valence-electron chi connectivity index (χ3n) is 4.76. The van der Waals surface area contributed by atoms with Gasteiger partial charge in [0.05, 0.1) is 0 Å². The van der Waals surface area contributed by atoms with Crippen molar-refractivity contribution in [3.63, 3.8) is 0 Å². The van der Waals surface area contributed by atoms with Crippen molar-refractivity contribution >= 4 is 6.08 Å². The summed E-state index contributed by atoms with van der Waals surface area (Å²) in [7, 11) is 0. The Bertz CT molecular complexity index is 537. The fraction of sp³-hybridized carbons (Fsp3) is 0.556. The van der Waals surface area contributed by atoms with E-state index in [9.17, 15) is 0 Å². The molecule has 0 radical (unpaired) electrons. The van der Waals surface area contributed by atoms with Crippen molar-refractivity contribution in [1.29, 1.82) is 0 Å². The zero-order valence-corrected chi connectivity index (χ0v) is 12.4. The van der Waals surface area contributed by atoms with Gasteiger partial charge in [0.25, 0.3) is 0 Å². The van der Waals surface area contributed by atoms with Crippen molar-refractivity contribution in [1.82, 2.24) is 0 Å². The van der Waals surface area contributed by atoms with Gasteiger partial charge >= 0.3 is 0 Å². The Balaban J connectivity index is 2.25. The highest BCUT2D eigenvalue weighted by Crippen LogP contribution is 2.44. The summed E-state index contributed by atoms with van der Waals surface area (Å²) in [5.41, 5.74) is 7.21. The van der Waals surface area contributed by atoms with Crippen LogP contribution < -0.4 is 4.74 Å². The zero-order valence-electron chi connectivity index (χ0n) is 12.4. The van der Waals surface area contributed by atoms with Gasteiger partial charge in [0.15, 0.2) is 0 Å². The molecular formula is C18H24O. The quantitative estimate of drug-likeness (QED) is 0.712. The Morgan fingerprint density at radius 3 is 2.42 bits per heavy atom. The number of fused-ring (bicyclic) bond motifs is 3. The van der Waals surface area contributed by atoms with Crippen molar-refractivity contribution in [2.45, 2.75) is 64.9 Å². The molecule has 1 aromatic rings. The second-order valence-electron chi connectivity index (χ2n) is 6.58. The summed E-state index contributed by atoms with van der Waals surface area (Å²) in [6.07, 6.45) is 9.26. The molecule has 0 saturated carbocycles. The molecule has 1 nitrogen and oxygen atoms in total. The number of ether oxygens (including phenoxy) is 1. The molecule has 0 bridgehead atoms. The van der Waals surface area contributed by atoms with E-state index < -0.39 is 0 Å². The van der Waals surface area contributed by atoms with Crippen LogP contribution >= 0.6 is 0 Å². The summed E-state index contributed by atoms with van der Waals surface area (Å²) < 4.78 is 6.37. The van der Waals surface area contributed by atoms with Crippen molar-refractivity contribution in [2.24, 2.45) is 0 Å². The first-order chi connectivity index (χ1) is 9.03. The third kappa shape index (κ3) is 2.00. The summed E-state index contributed by atoms with van der Waals surface area (Å²) in [5.74, 6) is 1.20. The van der Waals surface area contributed by atoms with Gasteiger partial charge in [0.1, 0.15) is 11.4 Å². The molecule has 1 heteroatoms. The van der Waals surface area contributed by atoms with E-state index in [1.165, 1.54) is 59.3 Å². The second-order valence-corrected chi connectivity index (χ2v) is 6.58. The molecule has 0 aromatic heterocycles. The maximum absolute atomic E-state index is 6.37. The molecule has 1 heterocycles. The van der Waals surface area contributed by atoms with Crippen molar-refractivity contribution in [3.8, 4) is 5.75 Å². The first-order valence-corrected chi connectivity index (χ1v) is 7.52. The van der Waals surface area contributed by atoms with Crippen molar-refractivity contribution < 1.29 is 4.74 Å². The molecule has 0 spiro atoms. The van der Waals surface area contributed by atoms with Gasteiger partial charge in [-0.25, -0.2) is 0 Å².